The summed E-state index contributed by atoms with van der Waals surface area (Å²) in [5, 5.41) is 4.40. The highest BCUT2D eigenvalue weighted by Crippen LogP contribution is 2.26. The summed E-state index contributed by atoms with van der Waals surface area (Å²) in [6, 6.07) is 3.77. The van der Waals surface area contributed by atoms with Gasteiger partial charge < -0.3 is 15.8 Å². The Labute approximate surface area is 129 Å². The van der Waals surface area contributed by atoms with E-state index in [1.807, 2.05) is 25.3 Å². The maximum Gasteiger partial charge on any atom is 0.239 e. The first-order valence-corrected chi connectivity index (χ1v) is 8.06. The highest BCUT2D eigenvalue weighted by molar-refractivity contribution is 7.11. The fraction of sp³-hybridized carbons (Fsp3) is 0.467. The van der Waals surface area contributed by atoms with Crippen molar-refractivity contribution in [3.63, 3.8) is 0 Å². The molecule has 0 spiro atoms. The summed E-state index contributed by atoms with van der Waals surface area (Å²) >= 11 is 1.72. The zero-order chi connectivity index (χ0) is 15.2. The van der Waals surface area contributed by atoms with Gasteiger partial charge in [-0.2, -0.15) is 4.98 Å². The molecule has 0 saturated carbocycles. The molecule has 6 heteroatoms. The highest BCUT2D eigenvalue weighted by atomic mass is 32.1. The lowest BCUT2D eigenvalue weighted by Gasteiger charge is -2.14. The molecule has 2 aromatic heterocycles. The van der Waals surface area contributed by atoms with E-state index >= 15 is 0 Å². The molecule has 0 saturated heterocycles. The van der Waals surface area contributed by atoms with Crippen molar-refractivity contribution in [3.05, 3.63) is 28.2 Å². The minimum absolute atomic E-state index is 0.102. The molecule has 0 amide bonds. The number of nitrogen functional groups attached to an aromatic ring is 1. The van der Waals surface area contributed by atoms with E-state index in [0.717, 1.165) is 23.7 Å². The Balaban J connectivity index is 2.07. The minimum atomic E-state index is 0.102. The van der Waals surface area contributed by atoms with Gasteiger partial charge in [0.05, 0.1) is 18.3 Å². The van der Waals surface area contributed by atoms with E-state index in [1.54, 1.807) is 11.3 Å². The molecule has 0 aliphatic heterocycles. The van der Waals surface area contributed by atoms with E-state index in [2.05, 4.69) is 29.1 Å². The molecule has 0 bridgehead atoms. The van der Waals surface area contributed by atoms with E-state index in [4.69, 9.17) is 10.5 Å². The number of thiazole rings is 1. The van der Waals surface area contributed by atoms with Crippen LogP contribution in [0, 0.1) is 0 Å². The van der Waals surface area contributed by atoms with Crippen molar-refractivity contribution in [2.45, 2.75) is 39.7 Å². The van der Waals surface area contributed by atoms with Crippen LogP contribution >= 0.6 is 11.3 Å². The predicted octanol–water partition coefficient (Wildman–Crippen LogP) is 3.64. The average Bonchev–Trinajstić information content (AvgIpc) is 2.97. The first-order valence-electron chi connectivity index (χ1n) is 7.24. The van der Waals surface area contributed by atoms with Gasteiger partial charge in [-0.1, -0.05) is 13.8 Å². The van der Waals surface area contributed by atoms with Crippen LogP contribution in [0.4, 0.5) is 11.5 Å². The zero-order valence-corrected chi connectivity index (χ0v) is 13.5. The van der Waals surface area contributed by atoms with Crippen molar-refractivity contribution in [1.29, 1.82) is 0 Å². The molecule has 1 atom stereocenters. The molecule has 2 aromatic rings. The summed E-state index contributed by atoms with van der Waals surface area (Å²) < 4.78 is 5.55. The number of anilines is 2. The molecule has 0 radical (unpaired) electrons. The number of nitrogens with one attached hydrogen (secondary N) is 1. The number of hydrogen-bond donors (Lipinski definition) is 2. The lowest BCUT2D eigenvalue weighted by atomic mass is 10.3. The van der Waals surface area contributed by atoms with Crippen molar-refractivity contribution >= 4 is 22.8 Å². The van der Waals surface area contributed by atoms with Crippen LogP contribution in [0.1, 0.15) is 43.1 Å². The van der Waals surface area contributed by atoms with Crippen LogP contribution < -0.4 is 15.8 Å². The number of aromatic nitrogens is 2. The molecule has 1 unspecified atom stereocenters. The first kappa shape index (κ1) is 15.6. The van der Waals surface area contributed by atoms with Gasteiger partial charge in [0, 0.05) is 11.1 Å². The molecule has 21 heavy (non-hydrogen) atoms. The summed E-state index contributed by atoms with van der Waals surface area (Å²) in [4.78, 5) is 10.2. The lowest BCUT2D eigenvalue weighted by Crippen LogP contribution is -2.09. The Morgan fingerprint density at radius 2 is 2.19 bits per heavy atom. The fourth-order valence-electron chi connectivity index (χ4n) is 1.82. The topological polar surface area (TPSA) is 73.1 Å². The third kappa shape index (κ3) is 4.07. The van der Waals surface area contributed by atoms with Gasteiger partial charge in [-0.15, -0.1) is 11.3 Å². The molecule has 0 aromatic carbocycles. The number of aryl methyl sites for hydroxylation is 1. The number of ether oxygens (including phenoxy) is 1. The van der Waals surface area contributed by atoms with E-state index < -0.39 is 0 Å². The van der Waals surface area contributed by atoms with Crippen LogP contribution in [-0.2, 0) is 6.42 Å². The standard InChI is InChI=1S/C15H22N4OS/c1-4-8-20-14-12(16)6-7-13(19-14)18-10(3)15-17-9-11(5-2)21-15/h6-7,9-10H,4-5,8,16H2,1-3H3,(H,18,19). The first-order chi connectivity index (χ1) is 10.1. The second kappa shape index (κ2) is 7.26. The molecular weight excluding hydrogens is 284 g/mol. The molecule has 2 heterocycles. The highest BCUT2D eigenvalue weighted by Gasteiger charge is 2.12. The Morgan fingerprint density at radius 3 is 2.86 bits per heavy atom. The third-order valence-corrected chi connectivity index (χ3v) is 4.31. The number of hydrogen-bond acceptors (Lipinski definition) is 6. The Hall–Kier alpha value is -1.82. The van der Waals surface area contributed by atoms with Crippen LogP contribution in [0.3, 0.4) is 0 Å². The van der Waals surface area contributed by atoms with Crippen LogP contribution in [0.25, 0.3) is 0 Å². The van der Waals surface area contributed by atoms with Gasteiger partial charge in [0.2, 0.25) is 5.88 Å². The second-order valence-corrected chi connectivity index (χ2v) is 5.97. The van der Waals surface area contributed by atoms with Crippen LogP contribution in [-0.4, -0.2) is 16.6 Å². The maximum atomic E-state index is 5.87. The van der Waals surface area contributed by atoms with E-state index in [0.29, 0.717) is 18.2 Å². The van der Waals surface area contributed by atoms with Gasteiger partial charge in [-0.05, 0) is 31.9 Å². The third-order valence-electron chi connectivity index (χ3n) is 2.99. The summed E-state index contributed by atoms with van der Waals surface area (Å²) in [6.45, 7) is 6.87. The van der Waals surface area contributed by atoms with Gasteiger partial charge >= 0.3 is 0 Å². The number of pyridine rings is 1. The average molecular weight is 306 g/mol. The number of rotatable bonds is 7. The van der Waals surface area contributed by atoms with E-state index in [1.165, 1.54) is 4.88 Å². The number of nitrogens with zero attached hydrogens (tertiary/aromatic N) is 2. The Bertz CT molecular complexity index is 585. The normalized spacial score (nSPS) is 12.1. The summed E-state index contributed by atoms with van der Waals surface area (Å²) in [7, 11) is 0. The maximum absolute atomic E-state index is 5.87. The van der Waals surface area contributed by atoms with Gasteiger partial charge in [-0.25, -0.2) is 4.98 Å². The second-order valence-electron chi connectivity index (χ2n) is 4.82. The summed E-state index contributed by atoms with van der Waals surface area (Å²) in [5.41, 5.74) is 6.43. The van der Waals surface area contributed by atoms with Crippen molar-refractivity contribution in [1.82, 2.24) is 9.97 Å². The van der Waals surface area contributed by atoms with Crippen molar-refractivity contribution in [2.24, 2.45) is 0 Å². The van der Waals surface area contributed by atoms with Gasteiger partial charge in [0.1, 0.15) is 10.8 Å². The van der Waals surface area contributed by atoms with Crippen LogP contribution in [0.5, 0.6) is 5.88 Å². The van der Waals surface area contributed by atoms with Gasteiger partial charge in [-0.3, -0.25) is 0 Å². The van der Waals surface area contributed by atoms with E-state index in [-0.39, 0.29) is 6.04 Å². The molecule has 0 aliphatic rings. The van der Waals surface area contributed by atoms with Crippen molar-refractivity contribution in [2.75, 3.05) is 17.7 Å². The molecule has 3 N–H and O–H groups in total. The lowest BCUT2D eigenvalue weighted by molar-refractivity contribution is 0.307. The Morgan fingerprint density at radius 1 is 1.38 bits per heavy atom. The van der Waals surface area contributed by atoms with Crippen LogP contribution in [0.2, 0.25) is 0 Å². The summed E-state index contributed by atoms with van der Waals surface area (Å²) in [6.07, 6.45) is 3.87. The largest absolute Gasteiger partial charge is 0.476 e. The predicted molar refractivity (Wildman–Crippen MR) is 88.0 cm³/mol. The van der Waals surface area contributed by atoms with Gasteiger partial charge in [0.25, 0.3) is 0 Å². The monoisotopic (exact) mass is 306 g/mol. The van der Waals surface area contributed by atoms with Crippen LogP contribution in [0.15, 0.2) is 18.3 Å². The number of nitrogens with two attached hydrogens (primary N) is 1. The molecular formula is C15H22N4OS. The molecule has 2 rings (SSSR count). The molecule has 0 fully saturated rings. The van der Waals surface area contributed by atoms with Crippen molar-refractivity contribution in [3.8, 4) is 5.88 Å². The molecule has 114 valence electrons. The smallest absolute Gasteiger partial charge is 0.239 e. The summed E-state index contributed by atoms with van der Waals surface area (Å²) in [5.74, 6) is 1.23. The SMILES string of the molecule is CCCOc1nc(NC(C)c2ncc(CC)s2)ccc1N. The van der Waals surface area contributed by atoms with Gasteiger partial charge in [0.15, 0.2) is 0 Å². The van der Waals surface area contributed by atoms with E-state index in [9.17, 15) is 0 Å². The molecule has 5 nitrogen and oxygen atoms in total. The molecule has 0 aliphatic carbocycles. The Kier molecular flexibility index (Phi) is 5.38. The quantitative estimate of drug-likeness (QED) is 0.817. The fourth-order valence-corrected chi connectivity index (χ4v) is 2.68. The minimum Gasteiger partial charge on any atom is -0.476 e. The van der Waals surface area contributed by atoms with Crippen molar-refractivity contribution < 1.29 is 4.74 Å². The zero-order valence-electron chi connectivity index (χ0n) is 12.7.